The summed E-state index contributed by atoms with van der Waals surface area (Å²) in [5.74, 6) is 0. The quantitative estimate of drug-likeness (QED) is 0.698. The van der Waals surface area contributed by atoms with Gasteiger partial charge in [0, 0.05) is 18.6 Å². The van der Waals surface area contributed by atoms with Gasteiger partial charge in [-0.25, -0.2) is 0 Å². The molecule has 1 saturated carbocycles. The first kappa shape index (κ1) is 9.47. The van der Waals surface area contributed by atoms with Crippen molar-refractivity contribution in [2.24, 2.45) is 0 Å². The highest BCUT2D eigenvalue weighted by atomic mass is 15.2. The molecule has 1 heterocycles. The highest BCUT2D eigenvalue weighted by Gasteiger charge is 2.22. The van der Waals surface area contributed by atoms with Crippen LogP contribution in [0.5, 0.6) is 0 Å². The molecule has 0 spiro atoms. The average Bonchev–Trinajstić information content (AvgIpc) is 2.53. The Morgan fingerprint density at radius 3 is 2.38 bits per heavy atom. The van der Waals surface area contributed by atoms with Gasteiger partial charge in [0.15, 0.2) is 0 Å². The van der Waals surface area contributed by atoms with Crippen LogP contribution in [0.2, 0.25) is 0 Å². The minimum atomic E-state index is 0.785. The first-order chi connectivity index (χ1) is 6.34. The van der Waals surface area contributed by atoms with Crippen molar-refractivity contribution in [2.45, 2.75) is 50.6 Å². The summed E-state index contributed by atoms with van der Waals surface area (Å²) in [5.41, 5.74) is 0. The molecule has 13 heavy (non-hydrogen) atoms. The maximum absolute atomic E-state index is 3.81. The fraction of sp³-hybridized carbons (Fsp3) is 1.00. The lowest BCUT2D eigenvalue weighted by molar-refractivity contribution is 0.328. The molecule has 0 aromatic carbocycles. The zero-order chi connectivity index (χ0) is 9.10. The third-order valence-corrected chi connectivity index (χ3v) is 3.47. The maximum Gasteiger partial charge on any atom is 0.0209 e. The average molecular weight is 182 g/mol. The Labute approximate surface area is 81.7 Å². The van der Waals surface area contributed by atoms with Gasteiger partial charge in [-0.15, -0.1) is 0 Å². The first-order valence-corrected chi connectivity index (χ1v) is 5.79. The molecule has 0 aromatic heterocycles. The molecule has 1 saturated heterocycles. The van der Waals surface area contributed by atoms with Crippen molar-refractivity contribution in [1.29, 1.82) is 0 Å². The molecule has 1 aliphatic carbocycles. The van der Waals surface area contributed by atoms with Crippen molar-refractivity contribution in [3.05, 3.63) is 0 Å². The summed E-state index contributed by atoms with van der Waals surface area (Å²) in [6, 6.07) is 1.62. The highest BCUT2D eigenvalue weighted by molar-refractivity contribution is 4.83. The van der Waals surface area contributed by atoms with Crippen molar-refractivity contribution >= 4 is 0 Å². The lowest BCUT2D eigenvalue weighted by Gasteiger charge is -2.26. The molecule has 0 bridgehead atoms. The van der Waals surface area contributed by atoms with Crippen LogP contribution in [0.1, 0.15) is 38.5 Å². The number of nitrogens with one attached hydrogen (secondary N) is 1. The van der Waals surface area contributed by atoms with E-state index in [4.69, 9.17) is 0 Å². The van der Waals surface area contributed by atoms with Gasteiger partial charge in [0.2, 0.25) is 0 Å². The second-order valence-corrected chi connectivity index (χ2v) is 4.75. The molecule has 0 radical (unpaired) electrons. The molecular weight excluding hydrogens is 160 g/mol. The van der Waals surface area contributed by atoms with Crippen molar-refractivity contribution in [3.8, 4) is 0 Å². The topological polar surface area (TPSA) is 15.3 Å². The summed E-state index contributed by atoms with van der Waals surface area (Å²) in [6.07, 6.45) is 8.54. The van der Waals surface area contributed by atoms with Crippen LogP contribution in [0.25, 0.3) is 0 Å². The largest absolute Gasteiger partial charge is 0.310 e. The van der Waals surface area contributed by atoms with Crippen LogP contribution in [0, 0.1) is 0 Å². The summed E-state index contributed by atoms with van der Waals surface area (Å²) < 4.78 is 0. The molecule has 2 aliphatic rings. The van der Waals surface area contributed by atoms with E-state index in [9.17, 15) is 0 Å². The van der Waals surface area contributed by atoms with Gasteiger partial charge in [0.25, 0.3) is 0 Å². The standard InChI is InChI=1S/C11H22N2/c1-13-8-7-11(9-13)12-10-5-3-2-4-6-10/h10-12H,2-9H2,1H3. The summed E-state index contributed by atoms with van der Waals surface area (Å²) in [4.78, 5) is 2.43. The van der Waals surface area contributed by atoms with Gasteiger partial charge in [-0.3, -0.25) is 0 Å². The lowest BCUT2D eigenvalue weighted by atomic mass is 9.95. The maximum atomic E-state index is 3.81. The van der Waals surface area contributed by atoms with E-state index in [2.05, 4.69) is 17.3 Å². The molecule has 1 N–H and O–H groups in total. The minimum absolute atomic E-state index is 0.785. The zero-order valence-electron chi connectivity index (χ0n) is 8.76. The van der Waals surface area contributed by atoms with Crippen molar-refractivity contribution < 1.29 is 0 Å². The van der Waals surface area contributed by atoms with Crippen LogP contribution in [-0.2, 0) is 0 Å². The SMILES string of the molecule is CN1CCC(NC2CCCCC2)C1. The summed E-state index contributed by atoms with van der Waals surface area (Å²) in [7, 11) is 2.22. The minimum Gasteiger partial charge on any atom is -0.310 e. The molecule has 1 aliphatic heterocycles. The highest BCUT2D eigenvalue weighted by Crippen LogP contribution is 2.19. The number of likely N-dealkylation sites (N-methyl/N-ethyl adjacent to an activating group) is 1. The first-order valence-electron chi connectivity index (χ1n) is 5.79. The van der Waals surface area contributed by atoms with E-state index in [1.165, 1.54) is 51.6 Å². The molecule has 2 fully saturated rings. The number of likely N-dealkylation sites (tertiary alicyclic amines) is 1. The molecule has 0 amide bonds. The molecule has 2 rings (SSSR count). The van der Waals surface area contributed by atoms with Crippen molar-refractivity contribution in [3.63, 3.8) is 0 Å². The third-order valence-electron chi connectivity index (χ3n) is 3.47. The Morgan fingerprint density at radius 1 is 1.00 bits per heavy atom. The second-order valence-electron chi connectivity index (χ2n) is 4.75. The van der Waals surface area contributed by atoms with Crippen LogP contribution < -0.4 is 5.32 Å². The van der Waals surface area contributed by atoms with Gasteiger partial charge in [-0.2, -0.15) is 0 Å². The molecule has 76 valence electrons. The predicted molar refractivity (Wildman–Crippen MR) is 55.9 cm³/mol. The smallest absolute Gasteiger partial charge is 0.0209 e. The summed E-state index contributed by atoms with van der Waals surface area (Å²) in [5, 5.41) is 3.81. The normalized spacial score (nSPS) is 32.5. The Balaban J connectivity index is 1.71. The fourth-order valence-corrected chi connectivity index (χ4v) is 2.67. The Kier molecular flexibility index (Phi) is 3.23. The Morgan fingerprint density at radius 2 is 1.77 bits per heavy atom. The van der Waals surface area contributed by atoms with E-state index in [0.29, 0.717) is 0 Å². The van der Waals surface area contributed by atoms with Crippen LogP contribution in [0.4, 0.5) is 0 Å². The fourth-order valence-electron chi connectivity index (χ4n) is 2.67. The molecule has 1 atom stereocenters. The van der Waals surface area contributed by atoms with E-state index in [1.807, 2.05) is 0 Å². The lowest BCUT2D eigenvalue weighted by Crippen LogP contribution is -2.40. The van der Waals surface area contributed by atoms with Crippen LogP contribution in [0.15, 0.2) is 0 Å². The number of hydrogen-bond acceptors (Lipinski definition) is 2. The van der Waals surface area contributed by atoms with Crippen LogP contribution >= 0.6 is 0 Å². The van der Waals surface area contributed by atoms with Gasteiger partial charge in [0.1, 0.15) is 0 Å². The Bertz CT molecular complexity index is 149. The molecule has 2 nitrogen and oxygen atoms in total. The van der Waals surface area contributed by atoms with E-state index in [-0.39, 0.29) is 0 Å². The number of nitrogens with zero attached hydrogens (tertiary/aromatic N) is 1. The third kappa shape index (κ3) is 2.68. The number of hydrogen-bond donors (Lipinski definition) is 1. The van der Waals surface area contributed by atoms with Gasteiger partial charge in [-0.05, 0) is 32.9 Å². The van der Waals surface area contributed by atoms with E-state index < -0.39 is 0 Å². The molecule has 2 heteroatoms. The molecule has 0 aromatic rings. The van der Waals surface area contributed by atoms with E-state index in [0.717, 1.165) is 12.1 Å². The van der Waals surface area contributed by atoms with Gasteiger partial charge in [-0.1, -0.05) is 19.3 Å². The van der Waals surface area contributed by atoms with Crippen molar-refractivity contribution in [1.82, 2.24) is 10.2 Å². The van der Waals surface area contributed by atoms with Crippen LogP contribution in [0.3, 0.4) is 0 Å². The van der Waals surface area contributed by atoms with Gasteiger partial charge in [0.05, 0.1) is 0 Å². The summed E-state index contributed by atoms with van der Waals surface area (Å²) in [6.45, 7) is 2.54. The zero-order valence-corrected chi connectivity index (χ0v) is 8.76. The van der Waals surface area contributed by atoms with Gasteiger partial charge < -0.3 is 10.2 Å². The Hall–Kier alpha value is -0.0800. The molecular formula is C11H22N2. The molecule has 1 unspecified atom stereocenters. The predicted octanol–water partition coefficient (Wildman–Crippen LogP) is 1.61. The summed E-state index contributed by atoms with van der Waals surface area (Å²) >= 11 is 0. The van der Waals surface area contributed by atoms with E-state index >= 15 is 0 Å². The number of rotatable bonds is 2. The van der Waals surface area contributed by atoms with E-state index in [1.54, 1.807) is 0 Å². The second kappa shape index (κ2) is 4.43. The monoisotopic (exact) mass is 182 g/mol. The van der Waals surface area contributed by atoms with Crippen LogP contribution in [-0.4, -0.2) is 37.1 Å². The van der Waals surface area contributed by atoms with Gasteiger partial charge >= 0.3 is 0 Å². The van der Waals surface area contributed by atoms with Crippen molar-refractivity contribution in [2.75, 3.05) is 20.1 Å².